The Balaban J connectivity index is 2.30. The predicted molar refractivity (Wildman–Crippen MR) is 73.6 cm³/mol. The van der Waals surface area contributed by atoms with Crippen LogP contribution in [0, 0.1) is 10.1 Å². The van der Waals surface area contributed by atoms with Crippen LogP contribution in [0.5, 0.6) is 11.5 Å². The Hall–Kier alpha value is -2.61. The number of rotatable bonds is 4. The van der Waals surface area contributed by atoms with Crippen molar-refractivity contribution < 1.29 is 19.6 Å². The number of hydrogen-bond donors (Lipinski definition) is 2. The number of carbonyl (C=O) groups excluding carboxylic acids is 1. The number of thiophene rings is 1. The van der Waals surface area contributed by atoms with E-state index >= 15 is 0 Å². The summed E-state index contributed by atoms with van der Waals surface area (Å²) < 4.78 is 4.95. The number of phenols is 1. The summed E-state index contributed by atoms with van der Waals surface area (Å²) in [5, 5.41) is 24.5. The van der Waals surface area contributed by atoms with E-state index in [-0.39, 0.29) is 17.1 Å². The maximum atomic E-state index is 12.0. The van der Waals surface area contributed by atoms with E-state index in [1.54, 1.807) is 5.38 Å². The van der Waals surface area contributed by atoms with Gasteiger partial charge in [0.2, 0.25) is 0 Å². The molecule has 0 saturated carbocycles. The summed E-state index contributed by atoms with van der Waals surface area (Å²) in [6, 6.07) is 5.30. The lowest BCUT2D eigenvalue weighted by molar-refractivity contribution is -0.384. The molecule has 0 aliphatic carbocycles. The van der Waals surface area contributed by atoms with Gasteiger partial charge in [-0.25, -0.2) is 0 Å². The molecule has 1 aromatic carbocycles. The number of phenolic OH excluding ortho intramolecular Hbond substituents is 1. The summed E-state index contributed by atoms with van der Waals surface area (Å²) in [6.07, 6.45) is 0. The predicted octanol–water partition coefficient (Wildman–Crippen LogP) is 2.62. The van der Waals surface area contributed by atoms with Crippen LogP contribution in [0.15, 0.2) is 29.6 Å². The Morgan fingerprint density at radius 3 is 2.85 bits per heavy atom. The summed E-state index contributed by atoms with van der Waals surface area (Å²) >= 11 is 1.13. The maximum absolute atomic E-state index is 12.0. The molecule has 0 aliphatic rings. The number of para-hydroxylation sites is 1. The van der Waals surface area contributed by atoms with Crippen LogP contribution >= 0.6 is 11.3 Å². The number of anilines is 1. The van der Waals surface area contributed by atoms with Crippen LogP contribution in [0.4, 0.5) is 11.4 Å². The Bertz CT molecular complexity index is 668. The van der Waals surface area contributed by atoms with E-state index < -0.39 is 10.8 Å². The highest BCUT2D eigenvalue weighted by Crippen LogP contribution is 2.34. The normalized spacial score (nSPS) is 10.1. The molecular weight excluding hydrogens is 284 g/mol. The first kappa shape index (κ1) is 13.8. The molecule has 1 amide bonds. The average Bonchev–Trinajstić information content (AvgIpc) is 2.89. The fourth-order valence-electron chi connectivity index (χ4n) is 1.53. The number of nitro groups is 1. The van der Waals surface area contributed by atoms with E-state index in [2.05, 4.69) is 5.32 Å². The zero-order valence-electron chi connectivity index (χ0n) is 10.3. The summed E-state index contributed by atoms with van der Waals surface area (Å²) in [4.78, 5) is 22.5. The van der Waals surface area contributed by atoms with Crippen LogP contribution < -0.4 is 10.1 Å². The van der Waals surface area contributed by atoms with Crippen LogP contribution in [0.25, 0.3) is 0 Å². The van der Waals surface area contributed by atoms with Crippen molar-refractivity contribution in [3.8, 4) is 11.5 Å². The molecule has 0 atom stereocenters. The van der Waals surface area contributed by atoms with Gasteiger partial charge < -0.3 is 15.2 Å². The number of methoxy groups -OCH3 is 1. The third kappa shape index (κ3) is 2.69. The molecule has 8 heteroatoms. The molecule has 104 valence electrons. The van der Waals surface area contributed by atoms with E-state index in [1.165, 1.54) is 31.4 Å². The standard InChI is InChI=1S/C12H10N2O5S/c1-19-7-5-10(20-6-7)12(16)13-11-8(14(17)18)3-2-4-9(11)15/h2-6,15H,1H3,(H,13,16). The number of carbonyl (C=O) groups is 1. The van der Waals surface area contributed by atoms with Gasteiger partial charge in [0.1, 0.15) is 11.5 Å². The lowest BCUT2D eigenvalue weighted by atomic mass is 10.2. The number of ether oxygens (including phenoxy) is 1. The van der Waals surface area contributed by atoms with Gasteiger partial charge in [0.15, 0.2) is 5.69 Å². The van der Waals surface area contributed by atoms with Gasteiger partial charge in [-0.05, 0) is 6.07 Å². The largest absolute Gasteiger partial charge is 0.505 e. The number of hydrogen-bond acceptors (Lipinski definition) is 6. The molecule has 2 rings (SSSR count). The highest BCUT2D eigenvalue weighted by Gasteiger charge is 2.20. The molecule has 0 bridgehead atoms. The number of benzene rings is 1. The van der Waals surface area contributed by atoms with Gasteiger partial charge in [-0.15, -0.1) is 11.3 Å². The second kappa shape index (κ2) is 5.57. The highest BCUT2D eigenvalue weighted by molar-refractivity contribution is 7.12. The fraction of sp³-hybridized carbons (Fsp3) is 0.0833. The van der Waals surface area contributed by atoms with Gasteiger partial charge in [-0.3, -0.25) is 14.9 Å². The fourth-order valence-corrected chi connectivity index (χ4v) is 2.28. The van der Waals surface area contributed by atoms with Gasteiger partial charge in [-0.2, -0.15) is 0 Å². The smallest absolute Gasteiger partial charge is 0.296 e. The molecule has 7 nitrogen and oxygen atoms in total. The average molecular weight is 294 g/mol. The van der Waals surface area contributed by atoms with E-state index in [0.717, 1.165) is 11.3 Å². The topological polar surface area (TPSA) is 102 Å². The van der Waals surface area contributed by atoms with Crippen LogP contribution in [0.3, 0.4) is 0 Å². The quantitative estimate of drug-likeness (QED) is 0.512. The van der Waals surface area contributed by atoms with Gasteiger partial charge in [-0.1, -0.05) is 6.07 Å². The minimum atomic E-state index is -0.676. The summed E-state index contributed by atoms with van der Waals surface area (Å²) in [6.45, 7) is 0. The van der Waals surface area contributed by atoms with Crippen molar-refractivity contribution in [3.05, 3.63) is 44.6 Å². The molecule has 1 aromatic heterocycles. The summed E-state index contributed by atoms with van der Waals surface area (Å²) in [5.74, 6) is -0.397. The molecule has 20 heavy (non-hydrogen) atoms. The Labute approximate surface area is 117 Å². The van der Waals surface area contributed by atoms with Crippen molar-refractivity contribution in [1.29, 1.82) is 0 Å². The maximum Gasteiger partial charge on any atom is 0.296 e. The zero-order valence-corrected chi connectivity index (χ0v) is 11.1. The first-order chi connectivity index (χ1) is 9.52. The van der Waals surface area contributed by atoms with E-state index in [9.17, 15) is 20.0 Å². The molecule has 0 saturated heterocycles. The molecule has 2 aromatic rings. The first-order valence-corrected chi connectivity index (χ1v) is 6.31. The minimum absolute atomic E-state index is 0.227. The Morgan fingerprint density at radius 2 is 2.25 bits per heavy atom. The van der Waals surface area contributed by atoms with Crippen molar-refractivity contribution in [2.24, 2.45) is 0 Å². The molecule has 0 unspecified atom stereocenters. The van der Waals surface area contributed by atoms with Gasteiger partial charge in [0, 0.05) is 17.5 Å². The summed E-state index contributed by atoms with van der Waals surface area (Å²) in [5.41, 5.74) is -0.600. The SMILES string of the molecule is COc1csc(C(=O)Nc2c(O)cccc2[N+](=O)[O-])c1. The van der Waals surface area contributed by atoms with Gasteiger partial charge in [0.25, 0.3) is 11.6 Å². The summed E-state index contributed by atoms with van der Waals surface area (Å²) in [7, 11) is 1.47. The van der Waals surface area contributed by atoms with E-state index in [4.69, 9.17) is 4.74 Å². The molecule has 2 N–H and O–H groups in total. The van der Waals surface area contributed by atoms with Crippen molar-refractivity contribution >= 4 is 28.6 Å². The second-order valence-electron chi connectivity index (χ2n) is 3.73. The molecule has 0 radical (unpaired) electrons. The Kier molecular flexibility index (Phi) is 3.85. The van der Waals surface area contributed by atoms with Crippen LogP contribution in [-0.2, 0) is 0 Å². The van der Waals surface area contributed by atoms with E-state index in [0.29, 0.717) is 10.6 Å². The molecular formula is C12H10N2O5S. The molecule has 0 aliphatic heterocycles. The van der Waals surface area contributed by atoms with Crippen molar-refractivity contribution in [2.75, 3.05) is 12.4 Å². The van der Waals surface area contributed by atoms with Crippen LogP contribution in [0.1, 0.15) is 9.67 Å². The molecule has 0 spiro atoms. The Morgan fingerprint density at radius 1 is 1.50 bits per heavy atom. The van der Waals surface area contributed by atoms with Crippen molar-refractivity contribution in [2.45, 2.75) is 0 Å². The monoisotopic (exact) mass is 294 g/mol. The van der Waals surface area contributed by atoms with Crippen LogP contribution in [0.2, 0.25) is 0 Å². The number of nitrogens with one attached hydrogen (secondary N) is 1. The van der Waals surface area contributed by atoms with Crippen molar-refractivity contribution in [1.82, 2.24) is 0 Å². The lowest BCUT2D eigenvalue weighted by Crippen LogP contribution is -2.11. The highest BCUT2D eigenvalue weighted by atomic mass is 32.1. The van der Waals surface area contributed by atoms with Crippen LogP contribution in [-0.4, -0.2) is 23.0 Å². The number of aromatic hydroxyl groups is 1. The number of amides is 1. The first-order valence-electron chi connectivity index (χ1n) is 5.43. The zero-order chi connectivity index (χ0) is 14.7. The third-order valence-corrected chi connectivity index (χ3v) is 3.40. The second-order valence-corrected chi connectivity index (χ2v) is 4.64. The van der Waals surface area contributed by atoms with Crippen molar-refractivity contribution in [3.63, 3.8) is 0 Å². The molecule has 1 heterocycles. The van der Waals surface area contributed by atoms with E-state index in [1.807, 2.05) is 0 Å². The van der Waals surface area contributed by atoms with Gasteiger partial charge in [0.05, 0.1) is 16.9 Å². The molecule has 0 fully saturated rings. The third-order valence-electron chi connectivity index (χ3n) is 2.49. The minimum Gasteiger partial charge on any atom is -0.505 e. The lowest BCUT2D eigenvalue weighted by Gasteiger charge is -2.06. The number of nitrogens with zero attached hydrogens (tertiary/aromatic N) is 1. The number of nitro benzene ring substituents is 1. The van der Waals surface area contributed by atoms with Gasteiger partial charge >= 0.3 is 0 Å².